The van der Waals surface area contributed by atoms with Crippen LogP contribution >= 0.6 is 12.2 Å². The van der Waals surface area contributed by atoms with E-state index in [1.165, 1.54) is 31.2 Å². The zero-order valence-corrected chi connectivity index (χ0v) is 18.1. The van der Waals surface area contributed by atoms with Crippen LogP contribution in [-0.2, 0) is 7.05 Å². The van der Waals surface area contributed by atoms with Crippen molar-refractivity contribution in [3.63, 3.8) is 0 Å². The number of anilines is 1. The highest BCUT2D eigenvalue weighted by Crippen LogP contribution is 2.34. The fourth-order valence-corrected chi connectivity index (χ4v) is 4.32. The predicted molar refractivity (Wildman–Crippen MR) is 125 cm³/mol. The Hall–Kier alpha value is -2.86. The van der Waals surface area contributed by atoms with E-state index in [4.69, 9.17) is 17.0 Å². The number of benzene rings is 2. The minimum Gasteiger partial charge on any atom is -0.457 e. The molecule has 1 fully saturated rings. The van der Waals surface area contributed by atoms with Crippen molar-refractivity contribution >= 4 is 23.0 Å². The summed E-state index contributed by atoms with van der Waals surface area (Å²) in [5.41, 5.74) is 2.11. The van der Waals surface area contributed by atoms with Gasteiger partial charge in [-0.25, -0.2) is 0 Å². The molecule has 0 saturated heterocycles. The van der Waals surface area contributed by atoms with Crippen LogP contribution in [0, 0.1) is 5.92 Å². The molecule has 6 heteroatoms. The van der Waals surface area contributed by atoms with E-state index in [0.29, 0.717) is 5.11 Å². The van der Waals surface area contributed by atoms with E-state index in [9.17, 15) is 0 Å². The topological polar surface area (TPSA) is 51.1 Å². The number of para-hydroxylation sites is 1. The zero-order valence-electron chi connectivity index (χ0n) is 17.3. The Kier molecular flexibility index (Phi) is 6.64. The largest absolute Gasteiger partial charge is 0.457 e. The first-order valence-corrected chi connectivity index (χ1v) is 11.0. The van der Waals surface area contributed by atoms with Crippen LogP contribution in [0.15, 0.2) is 67.0 Å². The first kappa shape index (κ1) is 20.4. The summed E-state index contributed by atoms with van der Waals surface area (Å²) in [6.45, 7) is 0. The molecule has 2 N–H and O–H groups in total. The van der Waals surface area contributed by atoms with Gasteiger partial charge in [-0.1, -0.05) is 56.0 Å². The summed E-state index contributed by atoms with van der Waals surface area (Å²) in [6, 6.07) is 18.3. The van der Waals surface area contributed by atoms with E-state index in [0.717, 1.165) is 29.5 Å². The maximum absolute atomic E-state index is 5.94. The molecule has 4 rings (SSSR count). The van der Waals surface area contributed by atoms with Gasteiger partial charge in [-0.15, -0.1) is 0 Å². The van der Waals surface area contributed by atoms with Gasteiger partial charge in [0.25, 0.3) is 0 Å². The van der Waals surface area contributed by atoms with E-state index in [1.807, 2.05) is 55.7 Å². The molecule has 0 spiro atoms. The van der Waals surface area contributed by atoms with E-state index < -0.39 is 0 Å². The first-order chi connectivity index (χ1) is 14.7. The smallest absolute Gasteiger partial charge is 0.171 e. The van der Waals surface area contributed by atoms with Crippen molar-refractivity contribution in [3.05, 3.63) is 72.6 Å². The number of aryl methyl sites for hydroxylation is 1. The highest BCUT2D eigenvalue weighted by atomic mass is 32.1. The van der Waals surface area contributed by atoms with Crippen molar-refractivity contribution in [2.75, 3.05) is 5.32 Å². The maximum atomic E-state index is 5.94. The number of hydrogen-bond donors (Lipinski definition) is 2. The molecule has 1 atom stereocenters. The van der Waals surface area contributed by atoms with E-state index in [1.54, 1.807) is 10.9 Å². The van der Waals surface area contributed by atoms with Gasteiger partial charge in [-0.3, -0.25) is 4.68 Å². The molecule has 1 aliphatic rings. The predicted octanol–water partition coefficient (Wildman–Crippen LogP) is 5.82. The van der Waals surface area contributed by atoms with Crippen LogP contribution < -0.4 is 15.4 Å². The van der Waals surface area contributed by atoms with Crippen LogP contribution in [0.5, 0.6) is 11.5 Å². The van der Waals surface area contributed by atoms with E-state index in [2.05, 4.69) is 27.9 Å². The summed E-state index contributed by atoms with van der Waals surface area (Å²) < 4.78 is 7.70. The first-order valence-electron chi connectivity index (χ1n) is 10.5. The monoisotopic (exact) mass is 420 g/mol. The Bertz CT molecular complexity index is 949. The number of thiocarbonyl (C=S) groups is 1. The molecule has 1 saturated carbocycles. The van der Waals surface area contributed by atoms with Crippen LogP contribution in [0.3, 0.4) is 0 Å². The van der Waals surface area contributed by atoms with Crippen molar-refractivity contribution in [2.24, 2.45) is 13.0 Å². The molecular formula is C24H28N4OS. The summed E-state index contributed by atoms with van der Waals surface area (Å²) in [5.74, 6) is 2.41. The van der Waals surface area contributed by atoms with Crippen LogP contribution in [-0.4, -0.2) is 14.9 Å². The molecule has 0 amide bonds. The maximum Gasteiger partial charge on any atom is 0.171 e. The Balaban J connectivity index is 1.44. The lowest BCUT2D eigenvalue weighted by atomic mass is 9.93. The number of hydrogen-bond acceptors (Lipinski definition) is 3. The Labute approximate surface area is 183 Å². The Morgan fingerprint density at radius 1 is 1.10 bits per heavy atom. The van der Waals surface area contributed by atoms with Gasteiger partial charge in [-0.2, -0.15) is 5.10 Å². The third kappa shape index (κ3) is 5.60. The lowest BCUT2D eigenvalue weighted by Gasteiger charge is -2.24. The van der Waals surface area contributed by atoms with Crippen molar-refractivity contribution in [1.29, 1.82) is 0 Å². The second-order valence-corrected chi connectivity index (χ2v) is 8.33. The number of aromatic nitrogens is 2. The lowest BCUT2D eigenvalue weighted by molar-refractivity contribution is 0.429. The molecule has 0 bridgehead atoms. The summed E-state index contributed by atoms with van der Waals surface area (Å²) in [7, 11) is 1.89. The fraction of sp³-hybridized carbons (Fsp3) is 0.333. The molecule has 3 aromatic rings. The van der Waals surface area contributed by atoms with E-state index in [-0.39, 0.29) is 6.04 Å². The van der Waals surface area contributed by atoms with Crippen LogP contribution in [0.1, 0.15) is 43.7 Å². The van der Waals surface area contributed by atoms with Crippen molar-refractivity contribution < 1.29 is 4.74 Å². The van der Waals surface area contributed by atoms with Gasteiger partial charge in [0.05, 0.1) is 17.9 Å². The Morgan fingerprint density at radius 3 is 2.47 bits per heavy atom. The molecule has 2 aromatic carbocycles. The number of rotatable bonds is 7. The van der Waals surface area contributed by atoms with Gasteiger partial charge in [0.1, 0.15) is 11.5 Å². The summed E-state index contributed by atoms with van der Waals surface area (Å²) in [4.78, 5) is 0. The molecule has 30 heavy (non-hydrogen) atoms. The highest BCUT2D eigenvalue weighted by Gasteiger charge is 2.22. The van der Waals surface area contributed by atoms with Crippen molar-refractivity contribution in [2.45, 2.75) is 38.1 Å². The van der Waals surface area contributed by atoms with Gasteiger partial charge in [0.2, 0.25) is 0 Å². The third-order valence-electron chi connectivity index (χ3n) is 5.57. The van der Waals surface area contributed by atoms with Crippen LogP contribution in [0.25, 0.3) is 0 Å². The zero-order chi connectivity index (χ0) is 20.8. The fourth-order valence-electron chi connectivity index (χ4n) is 4.06. The molecule has 0 radical (unpaired) electrons. The molecule has 1 heterocycles. The molecule has 1 aromatic heterocycles. The summed E-state index contributed by atoms with van der Waals surface area (Å²) in [5, 5.41) is 11.6. The second kappa shape index (κ2) is 9.76. The Morgan fingerprint density at radius 2 is 1.80 bits per heavy atom. The minimum absolute atomic E-state index is 0.163. The SMILES string of the molecule is Cn1cc(NC(=S)NC(CC2CCCC2)c2ccc(Oc3ccccc3)cc2)cn1. The van der Waals surface area contributed by atoms with Gasteiger partial charge in [-0.05, 0) is 54.4 Å². The van der Waals surface area contributed by atoms with Gasteiger partial charge in [0, 0.05) is 13.2 Å². The van der Waals surface area contributed by atoms with Crippen molar-refractivity contribution in [1.82, 2.24) is 15.1 Å². The quantitative estimate of drug-likeness (QED) is 0.472. The number of nitrogens with one attached hydrogen (secondary N) is 2. The molecular weight excluding hydrogens is 392 g/mol. The van der Waals surface area contributed by atoms with Crippen LogP contribution in [0.4, 0.5) is 5.69 Å². The number of nitrogens with zero attached hydrogens (tertiary/aromatic N) is 2. The second-order valence-electron chi connectivity index (χ2n) is 7.92. The molecule has 1 aliphatic carbocycles. The number of ether oxygens (including phenoxy) is 1. The standard InChI is InChI=1S/C24H28N4OS/c1-28-17-20(16-25-28)26-24(30)27-23(15-18-7-5-6-8-18)19-11-13-22(14-12-19)29-21-9-3-2-4-10-21/h2-4,9-14,16-18,23H,5-8,15H2,1H3,(H2,26,27,30). The van der Waals surface area contributed by atoms with Gasteiger partial charge in [0.15, 0.2) is 5.11 Å². The summed E-state index contributed by atoms with van der Waals surface area (Å²) in [6.07, 6.45) is 10.0. The average molecular weight is 421 g/mol. The summed E-state index contributed by atoms with van der Waals surface area (Å²) >= 11 is 5.59. The lowest BCUT2D eigenvalue weighted by Crippen LogP contribution is -2.33. The average Bonchev–Trinajstić information content (AvgIpc) is 3.40. The normalized spacial score (nSPS) is 15.0. The molecule has 5 nitrogen and oxygen atoms in total. The molecule has 156 valence electrons. The molecule has 1 unspecified atom stereocenters. The minimum atomic E-state index is 0.163. The third-order valence-corrected chi connectivity index (χ3v) is 5.79. The molecule has 0 aliphatic heterocycles. The highest BCUT2D eigenvalue weighted by molar-refractivity contribution is 7.80. The van der Waals surface area contributed by atoms with E-state index >= 15 is 0 Å². The van der Waals surface area contributed by atoms with Gasteiger partial charge >= 0.3 is 0 Å². The van der Waals surface area contributed by atoms with Crippen molar-refractivity contribution in [3.8, 4) is 11.5 Å². The van der Waals surface area contributed by atoms with Crippen LogP contribution in [0.2, 0.25) is 0 Å². The van der Waals surface area contributed by atoms with Gasteiger partial charge < -0.3 is 15.4 Å².